The molecule has 1 heterocycles. The normalized spacial score (nSPS) is 17.6. The van der Waals surface area contributed by atoms with Crippen LogP contribution in [0.2, 0.25) is 5.02 Å². The molecule has 2 aromatic rings. The van der Waals surface area contributed by atoms with Gasteiger partial charge in [-0.2, -0.15) is 0 Å². The van der Waals surface area contributed by atoms with Crippen molar-refractivity contribution in [2.75, 3.05) is 33.8 Å². The predicted octanol–water partition coefficient (Wildman–Crippen LogP) is 4.51. The Morgan fingerprint density at radius 2 is 1.76 bits per heavy atom. The number of nitrogens with zero attached hydrogens (tertiary/aromatic N) is 2. The summed E-state index contributed by atoms with van der Waals surface area (Å²) in [6.07, 6.45) is 0.0105. The second kappa shape index (κ2) is 10.9. The van der Waals surface area contributed by atoms with Crippen LogP contribution >= 0.6 is 11.6 Å². The fraction of sp³-hybridized carbons (Fsp3) is 0.385. The Morgan fingerprint density at radius 3 is 2.35 bits per heavy atom. The maximum Gasteiger partial charge on any atom is 0.295 e. The molecular weight excluding hydrogens is 456 g/mol. The molecule has 8 heteroatoms. The molecule has 3 rings (SSSR count). The molecule has 0 aliphatic carbocycles. The van der Waals surface area contributed by atoms with Gasteiger partial charge in [-0.3, -0.25) is 9.59 Å². The van der Waals surface area contributed by atoms with E-state index < -0.39 is 17.7 Å². The summed E-state index contributed by atoms with van der Waals surface area (Å²) in [7, 11) is 3.78. The Kier molecular flexibility index (Phi) is 8.23. The summed E-state index contributed by atoms with van der Waals surface area (Å²) in [5.74, 6) is -0.558. The van der Waals surface area contributed by atoms with Gasteiger partial charge in [0, 0.05) is 18.7 Å². The van der Waals surface area contributed by atoms with Crippen LogP contribution in [-0.2, 0) is 9.59 Å². The molecule has 1 fully saturated rings. The summed E-state index contributed by atoms with van der Waals surface area (Å²) in [5.41, 5.74) is 0.924. The first kappa shape index (κ1) is 25.6. The number of Topliss-reactive ketones (excluding diaryl/α,β-unsaturated/α-hetero) is 1. The number of carbonyl (C=O) groups excluding carboxylic acids is 2. The van der Waals surface area contributed by atoms with Crippen molar-refractivity contribution in [1.82, 2.24) is 9.80 Å². The molecule has 0 aromatic heterocycles. The van der Waals surface area contributed by atoms with Gasteiger partial charge >= 0.3 is 0 Å². The number of aliphatic hydroxyl groups is 1. The maximum absolute atomic E-state index is 13.2. The zero-order valence-electron chi connectivity index (χ0n) is 20.2. The lowest BCUT2D eigenvalue weighted by Gasteiger charge is -2.27. The van der Waals surface area contributed by atoms with E-state index in [2.05, 4.69) is 0 Å². The number of halogens is 1. The van der Waals surface area contributed by atoms with E-state index in [4.69, 9.17) is 21.1 Å². The number of benzene rings is 2. The average Bonchev–Trinajstić information content (AvgIpc) is 3.03. The number of ether oxygens (including phenoxy) is 2. The summed E-state index contributed by atoms with van der Waals surface area (Å²) in [5, 5.41) is 11.5. The minimum absolute atomic E-state index is 0.00293. The second-order valence-electron chi connectivity index (χ2n) is 8.61. The van der Waals surface area contributed by atoms with Gasteiger partial charge in [-0.05, 0) is 70.8 Å². The third-order valence-electron chi connectivity index (χ3n) is 5.40. The number of hydrogen-bond acceptors (Lipinski definition) is 6. The van der Waals surface area contributed by atoms with Crippen LogP contribution in [-0.4, -0.2) is 66.5 Å². The van der Waals surface area contributed by atoms with Crippen LogP contribution in [0, 0.1) is 0 Å². The average molecular weight is 487 g/mol. The molecule has 1 atom stereocenters. The summed E-state index contributed by atoms with van der Waals surface area (Å²) < 4.78 is 11.3. The van der Waals surface area contributed by atoms with Crippen LogP contribution in [0.25, 0.3) is 5.76 Å². The molecular formula is C26H31ClN2O5. The van der Waals surface area contributed by atoms with Crippen molar-refractivity contribution in [3.8, 4) is 11.5 Å². The van der Waals surface area contributed by atoms with E-state index in [1.54, 1.807) is 30.3 Å². The Hall–Kier alpha value is -3.03. The van der Waals surface area contributed by atoms with Gasteiger partial charge in [0.1, 0.15) is 17.3 Å². The lowest BCUT2D eigenvalue weighted by Crippen LogP contribution is -2.35. The highest BCUT2D eigenvalue weighted by molar-refractivity contribution is 6.47. The van der Waals surface area contributed by atoms with E-state index in [1.807, 2.05) is 51.9 Å². The van der Waals surface area contributed by atoms with Crippen molar-refractivity contribution in [2.45, 2.75) is 32.9 Å². The van der Waals surface area contributed by atoms with Crippen molar-refractivity contribution in [2.24, 2.45) is 0 Å². The highest BCUT2D eigenvalue weighted by atomic mass is 35.5. The summed E-state index contributed by atoms with van der Waals surface area (Å²) in [6.45, 7) is 7.02. The van der Waals surface area contributed by atoms with Crippen LogP contribution in [0.1, 0.15) is 37.9 Å². The van der Waals surface area contributed by atoms with E-state index >= 15 is 0 Å². The second-order valence-corrected chi connectivity index (χ2v) is 9.01. The fourth-order valence-electron chi connectivity index (χ4n) is 3.85. The van der Waals surface area contributed by atoms with Crippen LogP contribution in [0.3, 0.4) is 0 Å². The molecule has 2 aromatic carbocycles. The number of likely N-dealkylation sites (N-methyl/N-ethyl adjacent to an activating group) is 1. The van der Waals surface area contributed by atoms with Gasteiger partial charge in [0.15, 0.2) is 0 Å². The fourth-order valence-corrected chi connectivity index (χ4v) is 4.06. The number of amides is 1. The van der Waals surface area contributed by atoms with Crippen molar-refractivity contribution < 1.29 is 24.2 Å². The number of hydrogen-bond donors (Lipinski definition) is 1. The van der Waals surface area contributed by atoms with E-state index in [-0.39, 0.29) is 28.0 Å². The summed E-state index contributed by atoms with van der Waals surface area (Å²) in [6, 6.07) is 11.3. The molecule has 1 aliphatic heterocycles. The molecule has 34 heavy (non-hydrogen) atoms. The van der Waals surface area contributed by atoms with Crippen molar-refractivity contribution in [1.29, 1.82) is 0 Å². The van der Waals surface area contributed by atoms with Gasteiger partial charge < -0.3 is 24.4 Å². The highest BCUT2D eigenvalue weighted by Gasteiger charge is 2.46. The van der Waals surface area contributed by atoms with Crippen LogP contribution in [0.15, 0.2) is 48.0 Å². The molecule has 1 saturated heterocycles. The molecule has 1 aliphatic rings. The van der Waals surface area contributed by atoms with Gasteiger partial charge in [-0.25, -0.2) is 0 Å². The number of rotatable bonds is 9. The molecule has 0 bridgehead atoms. The minimum atomic E-state index is -0.764. The van der Waals surface area contributed by atoms with Gasteiger partial charge in [0.05, 0.1) is 29.3 Å². The van der Waals surface area contributed by atoms with Crippen molar-refractivity contribution >= 4 is 29.1 Å². The van der Waals surface area contributed by atoms with Gasteiger partial charge in [-0.1, -0.05) is 23.7 Å². The number of aliphatic hydroxyl groups excluding tert-OH is 1. The lowest BCUT2D eigenvalue weighted by atomic mass is 9.95. The SMILES string of the molecule is CCOc1ccc(Cl)c(/C(O)=C2\C(=O)C(=O)N(CCN(C)C)C2c2ccc(OC(C)C)cc2)c1. The Balaban J connectivity index is 2.14. The third-order valence-corrected chi connectivity index (χ3v) is 5.73. The smallest absolute Gasteiger partial charge is 0.295 e. The van der Waals surface area contributed by atoms with E-state index in [9.17, 15) is 14.7 Å². The van der Waals surface area contributed by atoms with Gasteiger partial charge in [0.2, 0.25) is 0 Å². The quantitative estimate of drug-likeness (QED) is 0.319. The molecule has 0 saturated carbocycles. The summed E-state index contributed by atoms with van der Waals surface area (Å²) in [4.78, 5) is 29.6. The monoisotopic (exact) mass is 486 g/mol. The molecule has 1 unspecified atom stereocenters. The largest absolute Gasteiger partial charge is 0.507 e. The molecule has 1 amide bonds. The molecule has 7 nitrogen and oxygen atoms in total. The Morgan fingerprint density at radius 1 is 1.12 bits per heavy atom. The number of ketones is 1. The van der Waals surface area contributed by atoms with E-state index in [1.165, 1.54) is 4.90 Å². The predicted molar refractivity (Wildman–Crippen MR) is 132 cm³/mol. The van der Waals surface area contributed by atoms with Crippen LogP contribution in [0.4, 0.5) is 0 Å². The van der Waals surface area contributed by atoms with E-state index in [0.29, 0.717) is 36.8 Å². The number of carbonyl (C=O) groups is 2. The van der Waals surface area contributed by atoms with Crippen molar-refractivity contribution in [3.05, 3.63) is 64.2 Å². The van der Waals surface area contributed by atoms with Crippen molar-refractivity contribution in [3.63, 3.8) is 0 Å². The summed E-state index contributed by atoms with van der Waals surface area (Å²) >= 11 is 6.37. The maximum atomic E-state index is 13.2. The molecule has 182 valence electrons. The minimum Gasteiger partial charge on any atom is -0.507 e. The van der Waals surface area contributed by atoms with Crippen LogP contribution in [0.5, 0.6) is 11.5 Å². The first-order valence-electron chi connectivity index (χ1n) is 11.3. The lowest BCUT2D eigenvalue weighted by molar-refractivity contribution is -0.140. The Bertz CT molecular complexity index is 1080. The van der Waals surface area contributed by atoms with Gasteiger partial charge in [-0.15, -0.1) is 0 Å². The Labute approximate surface area is 205 Å². The highest BCUT2D eigenvalue weighted by Crippen LogP contribution is 2.41. The topological polar surface area (TPSA) is 79.3 Å². The zero-order valence-corrected chi connectivity index (χ0v) is 20.9. The first-order chi connectivity index (χ1) is 16.1. The van der Waals surface area contributed by atoms with E-state index in [0.717, 1.165) is 0 Å². The molecule has 0 radical (unpaired) electrons. The molecule has 1 N–H and O–H groups in total. The zero-order chi connectivity index (χ0) is 25.0. The standard InChI is InChI=1S/C26H31ClN2O5/c1-6-33-19-11-12-21(27)20(15-19)24(30)22-23(17-7-9-18(10-8-17)34-16(2)3)29(14-13-28(4)5)26(32)25(22)31/h7-12,15-16,23,30H,6,13-14H2,1-5H3/b24-22+. The number of likely N-dealkylation sites (tertiary alicyclic amines) is 1. The first-order valence-corrected chi connectivity index (χ1v) is 11.6. The van der Waals surface area contributed by atoms with Gasteiger partial charge in [0.25, 0.3) is 11.7 Å². The molecule has 0 spiro atoms. The van der Waals surface area contributed by atoms with Crippen LogP contribution < -0.4 is 9.47 Å². The third kappa shape index (κ3) is 5.54.